The molecule has 0 aliphatic heterocycles. The van der Waals surface area contributed by atoms with Crippen molar-refractivity contribution in [1.82, 2.24) is 20.2 Å². The maximum atomic E-state index is 13.5. The highest BCUT2D eigenvalue weighted by atomic mass is 32.2. The number of hydrogen-bond donors (Lipinski definition) is 1. The Hall–Kier alpha value is -3.85. The third-order valence-corrected chi connectivity index (χ3v) is 6.12. The standard InChI is InChI=1S/C24H23N5O3S/c1-16-9-14-21(32-3)20(15-16)25-23(30)22(17-7-5-4-6-8-17)33-24-26-27-28-29(24)18-10-12-19(31-2)13-11-18/h4-15,22H,1-3H3,(H,25,30)/t22-/m0/s1. The van der Waals surface area contributed by atoms with Crippen LogP contribution in [0.1, 0.15) is 16.4 Å². The first-order valence-corrected chi connectivity index (χ1v) is 11.1. The Morgan fingerprint density at radius 3 is 2.45 bits per heavy atom. The van der Waals surface area contributed by atoms with E-state index in [2.05, 4.69) is 20.8 Å². The van der Waals surface area contributed by atoms with E-state index >= 15 is 0 Å². The Morgan fingerprint density at radius 2 is 1.76 bits per heavy atom. The van der Waals surface area contributed by atoms with Gasteiger partial charge in [0.15, 0.2) is 0 Å². The lowest BCUT2D eigenvalue weighted by Crippen LogP contribution is -2.20. The number of nitrogens with zero attached hydrogens (tertiary/aromatic N) is 4. The van der Waals surface area contributed by atoms with E-state index < -0.39 is 5.25 Å². The molecule has 0 bridgehead atoms. The summed E-state index contributed by atoms with van der Waals surface area (Å²) in [7, 11) is 3.19. The van der Waals surface area contributed by atoms with Crippen LogP contribution in [0.2, 0.25) is 0 Å². The van der Waals surface area contributed by atoms with E-state index in [1.54, 1.807) is 18.9 Å². The summed E-state index contributed by atoms with van der Waals surface area (Å²) in [6.45, 7) is 1.96. The molecule has 8 nitrogen and oxygen atoms in total. The van der Waals surface area contributed by atoms with Crippen molar-refractivity contribution >= 4 is 23.4 Å². The van der Waals surface area contributed by atoms with E-state index in [0.717, 1.165) is 22.6 Å². The zero-order valence-corrected chi connectivity index (χ0v) is 19.2. The molecule has 4 rings (SSSR count). The topological polar surface area (TPSA) is 91.2 Å². The zero-order chi connectivity index (χ0) is 23.2. The SMILES string of the molecule is COc1ccc(-n2nnnc2S[C@H](C(=O)Nc2cc(C)ccc2OC)c2ccccc2)cc1. The molecule has 1 aromatic heterocycles. The van der Waals surface area contributed by atoms with Crippen molar-refractivity contribution in [2.45, 2.75) is 17.3 Å². The predicted molar refractivity (Wildman–Crippen MR) is 127 cm³/mol. The number of thioether (sulfide) groups is 1. The summed E-state index contributed by atoms with van der Waals surface area (Å²) in [5, 5.41) is 15.0. The number of tetrazole rings is 1. The molecule has 1 N–H and O–H groups in total. The second kappa shape index (κ2) is 10.2. The number of nitrogens with one attached hydrogen (secondary N) is 1. The minimum Gasteiger partial charge on any atom is -0.497 e. The lowest BCUT2D eigenvalue weighted by atomic mass is 10.1. The molecule has 1 atom stereocenters. The third kappa shape index (κ3) is 5.15. The first-order valence-electron chi connectivity index (χ1n) is 10.2. The molecule has 3 aromatic carbocycles. The van der Waals surface area contributed by atoms with Crippen LogP contribution in [0.5, 0.6) is 11.5 Å². The van der Waals surface area contributed by atoms with Crippen LogP contribution in [0.3, 0.4) is 0 Å². The van der Waals surface area contributed by atoms with Gasteiger partial charge in [-0.15, -0.1) is 5.10 Å². The van der Waals surface area contributed by atoms with Crippen LogP contribution in [-0.4, -0.2) is 40.3 Å². The second-order valence-corrected chi connectivity index (χ2v) is 8.25. The van der Waals surface area contributed by atoms with Crippen molar-refractivity contribution in [3.8, 4) is 17.2 Å². The number of ether oxygens (including phenoxy) is 2. The number of amides is 1. The summed E-state index contributed by atoms with van der Waals surface area (Å²) in [6, 6.07) is 22.5. The van der Waals surface area contributed by atoms with Crippen molar-refractivity contribution in [3.05, 3.63) is 83.9 Å². The van der Waals surface area contributed by atoms with Gasteiger partial charge in [0.2, 0.25) is 11.1 Å². The minimum atomic E-state index is -0.598. The Labute approximate surface area is 195 Å². The van der Waals surface area contributed by atoms with Gasteiger partial charge in [0.25, 0.3) is 0 Å². The van der Waals surface area contributed by atoms with Crippen LogP contribution in [0.15, 0.2) is 78.0 Å². The van der Waals surface area contributed by atoms with E-state index in [0.29, 0.717) is 16.6 Å². The average Bonchev–Trinajstić information content (AvgIpc) is 3.31. The molecule has 0 unspecified atom stereocenters. The highest BCUT2D eigenvalue weighted by molar-refractivity contribution is 8.00. The number of carbonyl (C=O) groups is 1. The number of aryl methyl sites for hydroxylation is 1. The monoisotopic (exact) mass is 461 g/mol. The summed E-state index contributed by atoms with van der Waals surface area (Å²) >= 11 is 1.27. The van der Waals surface area contributed by atoms with E-state index in [-0.39, 0.29) is 5.91 Å². The first kappa shape index (κ1) is 22.3. The van der Waals surface area contributed by atoms with Crippen LogP contribution in [0.25, 0.3) is 5.69 Å². The quantitative estimate of drug-likeness (QED) is 0.387. The molecule has 168 valence electrons. The number of carbonyl (C=O) groups excluding carboxylic acids is 1. The van der Waals surface area contributed by atoms with Crippen molar-refractivity contribution < 1.29 is 14.3 Å². The van der Waals surface area contributed by atoms with E-state index in [4.69, 9.17) is 9.47 Å². The molecule has 0 fully saturated rings. The Morgan fingerprint density at radius 1 is 1.00 bits per heavy atom. The van der Waals surface area contributed by atoms with Crippen LogP contribution >= 0.6 is 11.8 Å². The van der Waals surface area contributed by atoms with Crippen molar-refractivity contribution in [3.63, 3.8) is 0 Å². The summed E-state index contributed by atoms with van der Waals surface area (Å²) in [5.41, 5.74) is 3.21. The zero-order valence-electron chi connectivity index (χ0n) is 18.4. The molecule has 0 aliphatic carbocycles. The van der Waals surface area contributed by atoms with E-state index in [1.165, 1.54) is 11.8 Å². The predicted octanol–water partition coefficient (Wildman–Crippen LogP) is 4.46. The summed E-state index contributed by atoms with van der Waals surface area (Å²) in [4.78, 5) is 13.5. The largest absolute Gasteiger partial charge is 0.497 e. The van der Waals surface area contributed by atoms with Crippen LogP contribution in [0.4, 0.5) is 5.69 Å². The van der Waals surface area contributed by atoms with Gasteiger partial charge in [-0.25, -0.2) is 0 Å². The lowest BCUT2D eigenvalue weighted by molar-refractivity contribution is -0.115. The molecule has 0 spiro atoms. The number of hydrogen-bond acceptors (Lipinski definition) is 7. The molecular weight excluding hydrogens is 438 g/mol. The normalized spacial score (nSPS) is 11.6. The Balaban J connectivity index is 1.65. The Kier molecular flexibility index (Phi) is 6.89. The molecule has 9 heteroatoms. The van der Waals surface area contributed by atoms with Crippen LogP contribution < -0.4 is 14.8 Å². The fourth-order valence-electron chi connectivity index (χ4n) is 3.26. The lowest BCUT2D eigenvalue weighted by Gasteiger charge is -2.18. The fraction of sp³-hybridized carbons (Fsp3) is 0.167. The fourth-order valence-corrected chi connectivity index (χ4v) is 4.26. The number of methoxy groups -OCH3 is 2. The molecule has 0 aliphatic rings. The van der Waals surface area contributed by atoms with Gasteiger partial charge in [0.05, 0.1) is 25.6 Å². The number of aromatic nitrogens is 4. The number of rotatable bonds is 8. The van der Waals surface area contributed by atoms with Gasteiger partial charge in [0, 0.05) is 0 Å². The number of anilines is 1. The molecular formula is C24H23N5O3S. The Bertz CT molecular complexity index is 1230. The van der Waals surface area contributed by atoms with Gasteiger partial charge in [-0.1, -0.05) is 48.2 Å². The molecule has 1 amide bonds. The number of benzene rings is 3. The van der Waals surface area contributed by atoms with Crippen molar-refractivity contribution in [2.75, 3.05) is 19.5 Å². The van der Waals surface area contributed by atoms with Gasteiger partial charge in [-0.2, -0.15) is 4.68 Å². The van der Waals surface area contributed by atoms with Gasteiger partial charge < -0.3 is 14.8 Å². The van der Waals surface area contributed by atoms with Gasteiger partial charge in [0.1, 0.15) is 16.7 Å². The molecule has 4 aromatic rings. The smallest absolute Gasteiger partial charge is 0.242 e. The summed E-state index contributed by atoms with van der Waals surface area (Å²) in [6.07, 6.45) is 0. The summed E-state index contributed by atoms with van der Waals surface area (Å²) < 4.78 is 12.2. The molecule has 0 saturated carbocycles. The van der Waals surface area contributed by atoms with Gasteiger partial charge in [-0.05, 0) is 64.9 Å². The first-order chi connectivity index (χ1) is 16.1. The van der Waals surface area contributed by atoms with Gasteiger partial charge >= 0.3 is 0 Å². The summed E-state index contributed by atoms with van der Waals surface area (Å²) in [5.74, 6) is 1.11. The molecule has 0 saturated heterocycles. The maximum absolute atomic E-state index is 13.5. The van der Waals surface area contributed by atoms with E-state index in [9.17, 15) is 4.79 Å². The minimum absolute atomic E-state index is 0.209. The highest BCUT2D eigenvalue weighted by Gasteiger charge is 2.26. The van der Waals surface area contributed by atoms with Crippen molar-refractivity contribution in [1.29, 1.82) is 0 Å². The molecule has 33 heavy (non-hydrogen) atoms. The highest BCUT2D eigenvalue weighted by Crippen LogP contribution is 2.37. The third-order valence-electron chi connectivity index (χ3n) is 4.93. The van der Waals surface area contributed by atoms with Crippen LogP contribution in [-0.2, 0) is 4.79 Å². The van der Waals surface area contributed by atoms with Gasteiger partial charge in [-0.3, -0.25) is 4.79 Å². The van der Waals surface area contributed by atoms with E-state index in [1.807, 2.05) is 79.7 Å². The average molecular weight is 462 g/mol. The van der Waals surface area contributed by atoms with Crippen LogP contribution in [0, 0.1) is 6.92 Å². The maximum Gasteiger partial charge on any atom is 0.242 e. The van der Waals surface area contributed by atoms with Crippen molar-refractivity contribution in [2.24, 2.45) is 0 Å². The second-order valence-electron chi connectivity index (χ2n) is 7.17. The molecule has 1 heterocycles. The molecule has 0 radical (unpaired) electrons.